The van der Waals surface area contributed by atoms with Gasteiger partial charge in [-0.15, -0.1) is 12.4 Å². The molecule has 1 aliphatic heterocycles. The molecule has 1 atom stereocenters. The predicted octanol–water partition coefficient (Wildman–Crippen LogP) is 1.49. The SMILES string of the molecule is Cc1c(C(=O)N2CCCCC2CCN)cnn1C.Cl. The minimum absolute atomic E-state index is 0. The molecular formula is C13H23ClN4O. The van der Waals surface area contributed by atoms with E-state index in [-0.39, 0.29) is 18.3 Å². The molecule has 0 bridgehead atoms. The molecular weight excluding hydrogens is 264 g/mol. The number of aryl methyl sites for hydroxylation is 1. The second-order valence-electron chi connectivity index (χ2n) is 4.99. The molecule has 1 aliphatic rings. The van der Waals surface area contributed by atoms with Gasteiger partial charge in [0, 0.05) is 25.3 Å². The van der Waals surface area contributed by atoms with Crippen molar-refractivity contribution in [3.8, 4) is 0 Å². The van der Waals surface area contributed by atoms with Crippen LogP contribution in [0.2, 0.25) is 0 Å². The van der Waals surface area contributed by atoms with Crippen LogP contribution in [0.1, 0.15) is 41.7 Å². The molecule has 2 rings (SSSR count). The van der Waals surface area contributed by atoms with Crippen LogP contribution in [0.4, 0.5) is 0 Å². The fourth-order valence-electron chi connectivity index (χ4n) is 2.62. The van der Waals surface area contributed by atoms with E-state index in [1.54, 1.807) is 10.9 Å². The molecule has 1 fully saturated rings. The van der Waals surface area contributed by atoms with E-state index in [4.69, 9.17) is 5.73 Å². The summed E-state index contributed by atoms with van der Waals surface area (Å²) in [6.07, 6.45) is 5.92. The second-order valence-corrected chi connectivity index (χ2v) is 4.99. The fraction of sp³-hybridized carbons (Fsp3) is 0.692. The van der Waals surface area contributed by atoms with Gasteiger partial charge in [-0.3, -0.25) is 9.48 Å². The molecule has 1 aromatic rings. The van der Waals surface area contributed by atoms with Gasteiger partial charge in [-0.2, -0.15) is 5.10 Å². The number of nitrogens with zero attached hydrogens (tertiary/aromatic N) is 3. The van der Waals surface area contributed by atoms with Crippen molar-refractivity contribution in [2.45, 2.75) is 38.6 Å². The summed E-state index contributed by atoms with van der Waals surface area (Å²) in [6, 6.07) is 0.302. The Morgan fingerprint density at radius 1 is 1.53 bits per heavy atom. The van der Waals surface area contributed by atoms with Gasteiger partial charge >= 0.3 is 0 Å². The monoisotopic (exact) mass is 286 g/mol. The van der Waals surface area contributed by atoms with Crippen LogP contribution in [-0.2, 0) is 7.05 Å². The van der Waals surface area contributed by atoms with E-state index in [1.165, 1.54) is 6.42 Å². The summed E-state index contributed by atoms with van der Waals surface area (Å²) in [5.74, 6) is 0.110. The highest BCUT2D eigenvalue weighted by Gasteiger charge is 2.28. The summed E-state index contributed by atoms with van der Waals surface area (Å²) in [7, 11) is 1.86. The molecule has 2 heterocycles. The Morgan fingerprint density at radius 2 is 2.26 bits per heavy atom. The summed E-state index contributed by atoms with van der Waals surface area (Å²) in [5, 5.41) is 4.15. The Kier molecular flexibility index (Phi) is 5.82. The standard InChI is InChI=1S/C13H22N4O.ClH/c1-10-12(9-15-16(10)2)13(18)17-8-4-3-5-11(17)6-7-14;/h9,11H,3-8,14H2,1-2H3;1H. The first kappa shape index (κ1) is 16.0. The molecule has 0 aromatic carbocycles. The highest BCUT2D eigenvalue weighted by molar-refractivity contribution is 5.95. The molecule has 1 aromatic heterocycles. The van der Waals surface area contributed by atoms with Crippen LogP contribution in [0.15, 0.2) is 6.20 Å². The van der Waals surface area contributed by atoms with Gasteiger partial charge in [0.05, 0.1) is 11.8 Å². The zero-order valence-electron chi connectivity index (χ0n) is 11.6. The normalized spacial score (nSPS) is 19.1. The number of halogens is 1. The van der Waals surface area contributed by atoms with E-state index < -0.39 is 0 Å². The largest absolute Gasteiger partial charge is 0.336 e. The second kappa shape index (κ2) is 6.91. The maximum absolute atomic E-state index is 12.6. The summed E-state index contributed by atoms with van der Waals surface area (Å²) in [4.78, 5) is 14.5. The van der Waals surface area contributed by atoms with Crippen LogP contribution < -0.4 is 5.73 Å². The van der Waals surface area contributed by atoms with Crippen LogP contribution in [0.3, 0.4) is 0 Å². The first-order valence-electron chi connectivity index (χ1n) is 6.64. The Balaban J connectivity index is 0.00000180. The van der Waals surface area contributed by atoms with Gasteiger partial charge in [-0.1, -0.05) is 0 Å². The molecule has 0 spiro atoms. The molecule has 108 valence electrons. The van der Waals surface area contributed by atoms with Crippen LogP contribution in [0.5, 0.6) is 0 Å². The number of nitrogens with two attached hydrogens (primary N) is 1. The van der Waals surface area contributed by atoms with Gasteiger partial charge < -0.3 is 10.6 Å². The van der Waals surface area contributed by atoms with E-state index in [1.807, 2.05) is 18.9 Å². The van der Waals surface area contributed by atoms with Gasteiger partial charge in [0.1, 0.15) is 0 Å². The van der Waals surface area contributed by atoms with Crippen LogP contribution in [-0.4, -0.2) is 39.7 Å². The first-order chi connectivity index (χ1) is 8.65. The Labute approximate surface area is 120 Å². The lowest BCUT2D eigenvalue weighted by atomic mass is 9.98. The molecule has 1 amide bonds. The number of carbonyl (C=O) groups excluding carboxylic acids is 1. The average molecular weight is 287 g/mol. The third-order valence-corrected chi connectivity index (χ3v) is 3.85. The van der Waals surface area contributed by atoms with Crippen molar-refractivity contribution >= 4 is 18.3 Å². The van der Waals surface area contributed by atoms with Gasteiger partial charge in [0.15, 0.2) is 0 Å². The number of hydrogen-bond acceptors (Lipinski definition) is 3. The van der Waals surface area contributed by atoms with Crippen molar-refractivity contribution in [2.24, 2.45) is 12.8 Å². The van der Waals surface area contributed by atoms with E-state index in [9.17, 15) is 4.79 Å². The predicted molar refractivity (Wildman–Crippen MR) is 77.5 cm³/mol. The Bertz CT molecular complexity index is 430. The minimum Gasteiger partial charge on any atom is -0.336 e. The van der Waals surface area contributed by atoms with E-state index in [0.717, 1.165) is 37.1 Å². The zero-order valence-corrected chi connectivity index (χ0v) is 12.4. The van der Waals surface area contributed by atoms with Crippen molar-refractivity contribution in [3.05, 3.63) is 17.5 Å². The molecule has 5 nitrogen and oxygen atoms in total. The fourth-order valence-corrected chi connectivity index (χ4v) is 2.62. The number of hydrogen-bond donors (Lipinski definition) is 1. The van der Waals surface area contributed by atoms with Crippen LogP contribution in [0.25, 0.3) is 0 Å². The zero-order chi connectivity index (χ0) is 13.1. The Hall–Kier alpha value is -1.07. The number of piperidine rings is 1. The van der Waals surface area contributed by atoms with Crippen LogP contribution >= 0.6 is 12.4 Å². The molecule has 2 N–H and O–H groups in total. The van der Waals surface area contributed by atoms with Gasteiger partial charge in [-0.25, -0.2) is 0 Å². The van der Waals surface area contributed by atoms with Crippen molar-refractivity contribution in [1.82, 2.24) is 14.7 Å². The lowest BCUT2D eigenvalue weighted by Crippen LogP contribution is -2.44. The third kappa shape index (κ3) is 3.28. The number of carbonyl (C=O) groups is 1. The summed E-state index contributed by atoms with van der Waals surface area (Å²) < 4.78 is 1.75. The molecule has 1 unspecified atom stereocenters. The number of likely N-dealkylation sites (tertiary alicyclic amines) is 1. The number of amides is 1. The molecule has 0 saturated carbocycles. The first-order valence-corrected chi connectivity index (χ1v) is 6.64. The molecule has 0 aliphatic carbocycles. The smallest absolute Gasteiger partial charge is 0.257 e. The highest BCUT2D eigenvalue weighted by Crippen LogP contribution is 2.22. The van der Waals surface area contributed by atoms with E-state index >= 15 is 0 Å². The van der Waals surface area contributed by atoms with Gasteiger partial charge in [-0.05, 0) is 39.2 Å². The Morgan fingerprint density at radius 3 is 2.84 bits per heavy atom. The summed E-state index contributed by atoms with van der Waals surface area (Å²) in [5.41, 5.74) is 7.29. The third-order valence-electron chi connectivity index (χ3n) is 3.85. The maximum atomic E-state index is 12.6. The minimum atomic E-state index is 0. The topological polar surface area (TPSA) is 64.2 Å². The molecule has 0 radical (unpaired) electrons. The van der Waals surface area contributed by atoms with Gasteiger partial charge in [0.25, 0.3) is 5.91 Å². The molecule has 19 heavy (non-hydrogen) atoms. The summed E-state index contributed by atoms with van der Waals surface area (Å²) >= 11 is 0. The van der Waals surface area contributed by atoms with Crippen molar-refractivity contribution in [2.75, 3.05) is 13.1 Å². The molecule has 6 heteroatoms. The number of rotatable bonds is 3. The highest BCUT2D eigenvalue weighted by atomic mass is 35.5. The van der Waals surface area contributed by atoms with Crippen molar-refractivity contribution < 1.29 is 4.79 Å². The quantitative estimate of drug-likeness (QED) is 0.916. The van der Waals surface area contributed by atoms with E-state index in [0.29, 0.717) is 12.6 Å². The van der Waals surface area contributed by atoms with Crippen molar-refractivity contribution in [3.63, 3.8) is 0 Å². The average Bonchev–Trinajstić information content (AvgIpc) is 2.70. The van der Waals surface area contributed by atoms with Crippen molar-refractivity contribution in [1.29, 1.82) is 0 Å². The maximum Gasteiger partial charge on any atom is 0.257 e. The van der Waals surface area contributed by atoms with Crippen LogP contribution in [0, 0.1) is 6.92 Å². The van der Waals surface area contributed by atoms with E-state index in [2.05, 4.69) is 5.10 Å². The lowest BCUT2D eigenvalue weighted by Gasteiger charge is -2.35. The molecule has 1 saturated heterocycles. The van der Waals surface area contributed by atoms with Gasteiger partial charge in [0.2, 0.25) is 0 Å². The lowest BCUT2D eigenvalue weighted by molar-refractivity contribution is 0.0604. The number of aromatic nitrogens is 2. The summed E-state index contributed by atoms with van der Waals surface area (Å²) in [6.45, 7) is 3.42.